The number of benzene rings is 2. The Morgan fingerprint density at radius 3 is 2.52 bits per heavy atom. The number of aliphatic imine (C=N–C) groups is 1. The predicted octanol–water partition coefficient (Wildman–Crippen LogP) is 2.89. The first kappa shape index (κ1) is 18.5. The maximum Gasteiger partial charge on any atom is 0.191 e. The summed E-state index contributed by atoms with van der Waals surface area (Å²) in [6.45, 7) is 4.80. The lowest BCUT2D eigenvalue weighted by Crippen LogP contribution is -2.37. The Morgan fingerprint density at radius 1 is 1.04 bits per heavy atom. The standard InChI is InChI=1S/C21H25N5O/c1-2-22-21(23-14-17-8-10-20(27)11-9-17)24-15-18-6-3-4-7-19(18)16-26-13-5-12-25-26/h3-13,27H,2,14-16H2,1H3,(H2,22,23,24). The smallest absolute Gasteiger partial charge is 0.191 e. The molecule has 0 saturated carbocycles. The van der Waals surface area contributed by atoms with Crippen molar-refractivity contribution in [2.45, 2.75) is 26.6 Å². The third-order valence-electron chi connectivity index (χ3n) is 4.16. The molecule has 0 spiro atoms. The minimum absolute atomic E-state index is 0.265. The number of hydrogen-bond acceptors (Lipinski definition) is 3. The molecular formula is C21H25N5O. The summed E-state index contributed by atoms with van der Waals surface area (Å²) in [5, 5.41) is 20.3. The van der Waals surface area contributed by atoms with Crippen LogP contribution in [0.4, 0.5) is 0 Å². The molecule has 0 atom stereocenters. The van der Waals surface area contributed by atoms with Gasteiger partial charge in [-0.25, -0.2) is 4.99 Å². The molecule has 0 unspecified atom stereocenters. The predicted molar refractivity (Wildman–Crippen MR) is 108 cm³/mol. The van der Waals surface area contributed by atoms with Crippen molar-refractivity contribution in [2.24, 2.45) is 4.99 Å². The second-order valence-electron chi connectivity index (χ2n) is 6.19. The zero-order valence-electron chi connectivity index (χ0n) is 15.5. The van der Waals surface area contributed by atoms with Crippen LogP contribution in [0, 0.1) is 0 Å². The number of aromatic hydroxyl groups is 1. The lowest BCUT2D eigenvalue weighted by atomic mass is 10.1. The van der Waals surface area contributed by atoms with E-state index in [0.29, 0.717) is 13.1 Å². The van der Waals surface area contributed by atoms with E-state index in [4.69, 9.17) is 0 Å². The number of nitrogens with zero attached hydrogens (tertiary/aromatic N) is 3. The lowest BCUT2D eigenvalue weighted by Gasteiger charge is -2.14. The van der Waals surface area contributed by atoms with Crippen LogP contribution in [0.3, 0.4) is 0 Å². The highest BCUT2D eigenvalue weighted by Gasteiger charge is 2.05. The van der Waals surface area contributed by atoms with Gasteiger partial charge in [-0.05, 0) is 41.8 Å². The molecule has 1 heterocycles. The van der Waals surface area contributed by atoms with Gasteiger partial charge in [0.2, 0.25) is 0 Å². The van der Waals surface area contributed by atoms with Gasteiger partial charge in [-0.2, -0.15) is 5.10 Å². The highest BCUT2D eigenvalue weighted by Crippen LogP contribution is 2.11. The van der Waals surface area contributed by atoms with Crippen molar-refractivity contribution in [3.05, 3.63) is 83.7 Å². The summed E-state index contributed by atoms with van der Waals surface area (Å²) >= 11 is 0. The maximum absolute atomic E-state index is 9.38. The van der Waals surface area contributed by atoms with Crippen LogP contribution in [0.1, 0.15) is 23.6 Å². The molecule has 2 aromatic carbocycles. The van der Waals surface area contributed by atoms with Crippen molar-refractivity contribution < 1.29 is 5.11 Å². The number of phenolic OH excluding ortho intramolecular Hbond substituents is 1. The van der Waals surface area contributed by atoms with Gasteiger partial charge >= 0.3 is 0 Å². The fourth-order valence-electron chi connectivity index (χ4n) is 2.75. The first-order chi connectivity index (χ1) is 13.2. The SMILES string of the molecule is CCNC(=NCc1ccc(O)cc1)NCc1ccccc1Cn1cccn1. The van der Waals surface area contributed by atoms with E-state index in [1.807, 2.05) is 48.1 Å². The molecule has 0 aliphatic carbocycles. The molecule has 3 N–H and O–H groups in total. The van der Waals surface area contributed by atoms with Crippen molar-refractivity contribution >= 4 is 5.96 Å². The van der Waals surface area contributed by atoms with Crippen LogP contribution in [-0.4, -0.2) is 27.4 Å². The minimum Gasteiger partial charge on any atom is -0.508 e. The average molecular weight is 363 g/mol. The van der Waals surface area contributed by atoms with Gasteiger partial charge in [0.1, 0.15) is 5.75 Å². The molecule has 0 saturated heterocycles. The first-order valence-electron chi connectivity index (χ1n) is 9.09. The summed E-state index contributed by atoms with van der Waals surface area (Å²) < 4.78 is 1.92. The molecule has 3 aromatic rings. The number of guanidine groups is 1. The molecule has 0 amide bonds. The second kappa shape index (κ2) is 9.43. The third kappa shape index (κ3) is 5.60. The highest BCUT2D eigenvalue weighted by atomic mass is 16.3. The Bertz CT molecular complexity index is 857. The Balaban J connectivity index is 1.65. The summed E-state index contributed by atoms with van der Waals surface area (Å²) in [5.41, 5.74) is 3.48. The number of rotatable bonds is 7. The molecule has 0 fully saturated rings. The number of aromatic nitrogens is 2. The highest BCUT2D eigenvalue weighted by molar-refractivity contribution is 5.79. The van der Waals surface area contributed by atoms with E-state index < -0.39 is 0 Å². The quantitative estimate of drug-likeness (QED) is 0.446. The Kier molecular flexibility index (Phi) is 6.46. The molecule has 3 rings (SSSR count). The average Bonchev–Trinajstić information content (AvgIpc) is 3.19. The molecule has 1 aromatic heterocycles. The molecule has 0 radical (unpaired) electrons. The van der Waals surface area contributed by atoms with Gasteiger partial charge in [0, 0.05) is 25.5 Å². The van der Waals surface area contributed by atoms with E-state index in [2.05, 4.69) is 32.9 Å². The van der Waals surface area contributed by atoms with Crippen molar-refractivity contribution in [3.63, 3.8) is 0 Å². The maximum atomic E-state index is 9.38. The fourth-order valence-corrected chi connectivity index (χ4v) is 2.75. The van der Waals surface area contributed by atoms with E-state index in [9.17, 15) is 5.11 Å². The van der Waals surface area contributed by atoms with Crippen LogP contribution in [0.25, 0.3) is 0 Å². The Labute approximate surface area is 159 Å². The largest absolute Gasteiger partial charge is 0.508 e. The summed E-state index contributed by atoms with van der Waals surface area (Å²) in [7, 11) is 0. The zero-order valence-corrected chi connectivity index (χ0v) is 15.5. The van der Waals surface area contributed by atoms with Gasteiger partial charge in [-0.1, -0.05) is 36.4 Å². The van der Waals surface area contributed by atoms with Crippen molar-refractivity contribution in [2.75, 3.05) is 6.54 Å². The van der Waals surface area contributed by atoms with Crippen molar-refractivity contribution in [1.82, 2.24) is 20.4 Å². The van der Waals surface area contributed by atoms with Gasteiger partial charge < -0.3 is 15.7 Å². The third-order valence-corrected chi connectivity index (χ3v) is 4.16. The second-order valence-corrected chi connectivity index (χ2v) is 6.19. The Hall–Kier alpha value is -3.28. The fraction of sp³-hybridized carbons (Fsp3) is 0.238. The molecule has 6 heteroatoms. The summed E-state index contributed by atoms with van der Waals surface area (Å²) in [5.74, 6) is 1.03. The summed E-state index contributed by atoms with van der Waals surface area (Å²) in [6, 6.07) is 17.4. The molecule has 0 bridgehead atoms. The summed E-state index contributed by atoms with van der Waals surface area (Å²) in [4.78, 5) is 4.63. The Morgan fingerprint density at radius 2 is 1.81 bits per heavy atom. The number of nitrogens with one attached hydrogen (secondary N) is 2. The number of hydrogen-bond donors (Lipinski definition) is 3. The molecule has 140 valence electrons. The van der Waals surface area contributed by atoms with E-state index in [1.165, 1.54) is 11.1 Å². The van der Waals surface area contributed by atoms with Crippen LogP contribution < -0.4 is 10.6 Å². The van der Waals surface area contributed by atoms with Gasteiger partial charge in [-0.3, -0.25) is 4.68 Å². The van der Waals surface area contributed by atoms with Gasteiger partial charge in [0.25, 0.3) is 0 Å². The van der Waals surface area contributed by atoms with Crippen molar-refractivity contribution in [1.29, 1.82) is 0 Å². The van der Waals surface area contributed by atoms with Crippen LogP contribution in [0.15, 0.2) is 72.0 Å². The molecule has 6 nitrogen and oxygen atoms in total. The van der Waals surface area contributed by atoms with E-state index in [-0.39, 0.29) is 5.75 Å². The lowest BCUT2D eigenvalue weighted by molar-refractivity contribution is 0.475. The van der Waals surface area contributed by atoms with Gasteiger partial charge in [0.05, 0.1) is 13.1 Å². The van der Waals surface area contributed by atoms with Crippen LogP contribution in [-0.2, 0) is 19.6 Å². The number of phenols is 1. The van der Waals surface area contributed by atoms with Crippen molar-refractivity contribution in [3.8, 4) is 5.75 Å². The molecule has 27 heavy (non-hydrogen) atoms. The first-order valence-corrected chi connectivity index (χ1v) is 9.09. The zero-order chi connectivity index (χ0) is 18.9. The van der Waals surface area contributed by atoms with Gasteiger partial charge in [0.15, 0.2) is 5.96 Å². The normalized spacial score (nSPS) is 11.4. The molecule has 0 aliphatic rings. The summed E-state index contributed by atoms with van der Waals surface area (Å²) in [6.07, 6.45) is 3.76. The topological polar surface area (TPSA) is 74.5 Å². The van der Waals surface area contributed by atoms with E-state index in [0.717, 1.165) is 24.6 Å². The van der Waals surface area contributed by atoms with Crippen LogP contribution in [0.2, 0.25) is 0 Å². The van der Waals surface area contributed by atoms with Crippen LogP contribution in [0.5, 0.6) is 5.75 Å². The van der Waals surface area contributed by atoms with Gasteiger partial charge in [-0.15, -0.1) is 0 Å². The van der Waals surface area contributed by atoms with E-state index >= 15 is 0 Å². The molecule has 0 aliphatic heterocycles. The molecular weight excluding hydrogens is 338 g/mol. The van der Waals surface area contributed by atoms with Crippen LogP contribution >= 0.6 is 0 Å². The monoisotopic (exact) mass is 363 g/mol. The minimum atomic E-state index is 0.265. The van der Waals surface area contributed by atoms with E-state index in [1.54, 1.807) is 18.3 Å².